The van der Waals surface area contributed by atoms with Crippen LogP contribution in [0.5, 0.6) is 0 Å². The molecule has 1 amide bonds. The number of nitrogens with one attached hydrogen (secondary N) is 1. The molecule has 35 heavy (non-hydrogen) atoms. The molecule has 3 unspecified atom stereocenters. The first kappa shape index (κ1) is 26.0. The minimum atomic E-state index is -1.03. The van der Waals surface area contributed by atoms with Crippen molar-refractivity contribution in [3.05, 3.63) is 69.7 Å². The molecular formula is C28H33Cl2N3O2. The fourth-order valence-electron chi connectivity index (χ4n) is 5.94. The Labute approximate surface area is 218 Å². The Morgan fingerprint density at radius 1 is 1.20 bits per heavy atom. The second-order valence-corrected chi connectivity index (χ2v) is 11.9. The Balaban J connectivity index is 1.92. The van der Waals surface area contributed by atoms with Gasteiger partial charge in [-0.2, -0.15) is 5.26 Å². The predicted octanol–water partition coefficient (Wildman–Crippen LogP) is 5.30. The average molecular weight is 514 g/mol. The number of aliphatic hydroxyl groups is 1. The molecule has 0 aliphatic carbocycles. The fraction of sp³-hybridized carbons (Fsp3) is 0.500. The lowest BCUT2D eigenvalue weighted by Crippen LogP contribution is -2.49. The number of carbonyl (C=O) groups is 1. The second kappa shape index (κ2) is 10.1. The molecule has 2 N–H and O–H groups in total. The topological polar surface area (TPSA) is 76.4 Å². The predicted molar refractivity (Wildman–Crippen MR) is 140 cm³/mol. The number of aliphatic hydroxyl groups excluding tert-OH is 1. The summed E-state index contributed by atoms with van der Waals surface area (Å²) >= 11 is 12.6. The smallest absolute Gasteiger partial charge is 0.240 e. The van der Waals surface area contributed by atoms with Crippen molar-refractivity contribution >= 4 is 29.1 Å². The first-order chi connectivity index (χ1) is 16.6. The van der Waals surface area contributed by atoms with Gasteiger partial charge in [-0.25, -0.2) is 0 Å². The van der Waals surface area contributed by atoms with Crippen LogP contribution in [-0.4, -0.2) is 47.2 Å². The molecule has 2 fully saturated rings. The molecule has 2 aliphatic rings. The van der Waals surface area contributed by atoms with Crippen LogP contribution in [0.2, 0.25) is 10.0 Å². The fourth-order valence-corrected chi connectivity index (χ4v) is 6.26. The average Bonchev–Trinajstić information content (AvgIpc) is 3.41. The van der Waals surface area contributed by atoms with Gasteiger partial charge in [0.1, 0.15) is 5.41 Å². The standard InChI is InChI=1S/C28H33Cl2N3O2/c1-27(2,3)15-23-28(17-31,19-9-11-20(29)12-10-19)24(18-6-4-7-21(30)14-18)25(32-23)26(35)33-13-5-8-22(33)16-34/h4,6-7,9-12,14,22-25,32,34H,5,8,13,15-16H2,1-3H3/t22?,23-,24-,25?,28?/m1/s1. The lowest BCUT2D eigenvalue weighted by molar-refractivity contribution is -0.135. The highest BCUT2D eigenvalue weighted by Crippen LogP contribution is 2.52. The van der Waals surface area contributed by atoms with Gasteiger partial charge in [-0.15, -0.1) is 0 Å². The van der Waals surface area contributed by atoms with Crippen LogP contribution in [-0.2, 0) is 10.2 Å². The van der Waals surface area contributed by atoms with Gasteiger partial charge in [0.05, 0.1) is 24.8 Å². The van der Waals surface area contributed by atoms with E-state index in [0.717, 1.165) is 24.0 Å². The SMILES string of the molecule is CC(C)(C)C[C@H]1NC(C(=O)N2CCCC2CO)[C@@H](c2cccc(Cl)c2)C1(C#N)c1ccc(Cl)cc1. The van der Waals surface area contributed by atoms with Crippen LogP contribution in [0.1, 0.15) is 57.1 Å². The number of amides is 1. The summed E-state index contributed by atoms with van der Waals surface area (Å²) in [4.78, 5) is 15.9. The summed E-state index contributed by atoms with van der Waals surface area (Å²) in [5.41, 5.74) is 0.546. The normalized spacial score (nSPS) is 28.8. The van der Waals surface area contributed by atoms with E-state index in [1.807, 2.05) is 30.3 Å². The first-order valence-corrected chi connectivity index (χ1v) is 13.0. The highest BCUT2D eigenvalue weighted by atomic mass is 35.5. The Bertz CT molecular complexity index is 1110. The zero-order valence-electron chi connectivity index (χ0n) is 20.5. The molecule has 2 aromatic rings. The van der Waals surface area contributed by atoms with Crippen LogP contribution >= 0.6 is 23.2 Å². The minimum Gasteiger partial charge on any atom is -0.394 e. The molecule has 2 aromatic carbocycles. The molecule has 7 heteroatoms. The molecule has 0 saturated carbocycles. The van der Waals surface area contributed by atoms with E-state index in [1.54, 1.807) is 23.1 Å². The number of hydrogen-bond donors (Lipinski definition) is 2. The minimum absolute atomic E-state index is 0.0632. The van der Waals surface area contributed by atoms with Crippen LogP contribution in [0, 0.1) is 16.7 Å². The molecule has 0 radical (unpaired) electrons. The van der Waals surface area contributed by atoms with Crippen molar-refractivity contribution in [1.29, 1.82) is 5.26 Å². The van der Waals surface area contributed by atoms with Gasteiger partial charge in [-0.3, -0.25) is 4.79 Å². The highest BCUT2D eigenvalue weighted by molar-refractivity contribution is 6.30. The molecule has 0 spiro atoms. The summed E-state index contributed by atoms with van der Waals surface area (Å²) < 4.78 is 0. The molecule has 4 rings (SSSR count). The monoisotopic (exact) mass is 513 g/mol. The molecule has 2 heterocycles. The third kappa shape index (κ3) is 4.95. The zero-order chi connectivity index (χ0) is 25.4. The summed E-state index contributed by atoms with van der Waals surface area (Å²) in [5.74, 6) is -0.552. The van der Waals surface area contributed by atoms with Crippen LogP contribution in [0.25, 0.3) is 0 Å². The third-order valence-electron chi connectivity index (χ3n) is 7.42. The number of hydrogen-bond acceptors (Lipinski definition) is 4. The maximum atomic E-state index is 14.1. The van der Waals surface area contributed by atoms with Gasteiger partial charge in [-0.05, 0) is 60.1 Å². The van der Waals surface area contributed by atoms with Crippen molar-refractivity contribution in [2.75, 3.05) is 13.2 Å². The van der Waals surface area contributed by atoms with Crippen LogP contribution in [0.3, 0.4) is 0 Å². The summed E-state index contributed by atoms with van der Waals surface area (Å²) in [6.07, 6.45) is 2.33. The highest BCUT2D eigenvalue weighted by Gasteiger charge is 2.60. The van der Waals surface area contributed by atoms with Crippen molar-refractivity contribution in [3.8, 4) is 6.07 Å². The molecule has 2 aliphatic heterocycles. The molecule has 0 bridgehead atoms. The molecular weight excluding hydrogens is 481 g/mol. The van der Waals surface area contributed by atoms with Gasteiger partial charge in [-0.1, -0.05) is 68.2 Å². The van der Waals surface area contributed by atoms with Gasteiger partial charge >= 0.3 is 0 Å². The number of carbonyl (C=O) groups excluding carboxylic acids is 1. The number of benzene rings is 2. The van der Waals surface area contributed by atoms with Crippen molar-refractivity contribution in [3.63, 3.8) is 0 Å². The van der Waals surface area contributed by atoms with Crippen molar-refractivity contribution < 1.29 is 9.90 Å². The Kier molecular flexibility index (Phi) is 7.50. The van der Waals surface area contributed by atoms with E-state index >= 15 is 0 Å². The first-order valence-electron chi connectivity index (χ1n) is 12.2. The number of nitriles is 1. The Hall–Kier alpha value is -2.10. The molecule has 5 nitrogen and oxygen atoms in total. The van der Waals surface area contributed by atoms with Crippen molar-refractivity contribution in [1.82, 2.24) is 10.2 Å². The maximum Gasteiger partial charge on any atom is 0.240 e. The quantitative estimate of drug-likeness (QED) is 0.568. The second-order valence-electron chi connectivity index (χ2n) is 11.0. The van der Waals surface area contributed by atoms with E-state index in [1.165, 1.54) is 0 Å². The summed E-state index contributed by atoms with van der Waals surface area (Å²) in [6, 6.07) is 16.5. The number of likely N-dealkylation sites (tertiary alicyclic amines) is 1. The number of rotatable bonds is 5. The van der Waals surface area contributed by atoms with Gasteiger partial charge < -0.3 is 15.3 Å². The van der Waals surface area contributed by atoms with Gasteiger partial charge in [0.25, 0.3) is 0 Å². The molecule has 5 atom stereocenters. The summed E-state index contributed by atoms with van der Waals surface area (Å²) in [5, 5.41) is 25.6. The van der Waals surface area contributed by atoms with Crippen LogP contribution in [0.15, 0.2) is 48.5 Å². The van der Waals surface area contributed by atoms with E-state index in [0.29, 0.717) is 23.0 Å². The zero-order valence-corrected chi connectivity index (χ0v) is 22.0. The molecule has 2 saturated heterocycles. The van der Waals surface area contributed by atoms with E-state index in [-0.39, 0.29) is 30.0 Å². The lowest BCUT2D eigenvalue weighted by Gasteiger charge is -2.37. The van der Waals surface area contributed by atoms with Crippen LogP contribution < -0.4 is 5.32 Å². The maximum absolute atomic E-state index is 14.1. The molecule has 186 valence electrons. The van der Waals surface area contributed by atoms with Gasteiger partial charge in [0, 0.05) is 28.5 Å². The Morgan fingerprint density at radius 2 is 1.91 bits per heavy atom. The number of nitrogens with zero attached hydrogens (tertiary/aromatic N) is 2. The van der Waals surface area contributed by atoms with Gasteiger partial charge in [0.15, 0.2) is 0 Å². The molecule has 0 aromatic heterocycles. The van der Waals surface area contributed by atoms with Crippen LogP contribution in [0.4, 0.5) is 0 Å². The van der Waals surface area contributed by atoms with Crippen molar-refractivity contribution in [2.45, 2.75) is 69.5 Å². The summed E-state index contributed by atoms with van der Waals surface area (Å²) in [7, 11) is 0. The Morgan fingerprint density at radius 3 is 2.51 bits per heavy atom. The third-order valence-corrected chi connectivity index (χ3v) is 7.91. The van der Waals surface area contributed by atoms with Crippen molar-refractivity contribution in [2.24, 2.45) is 5.41 Å². The largest absolute Gasteiger partial charge is 0.394 e. The summed E-state index contributed by atoms with van der Waals surface area (Å²) in [6.45, 7) is 6.97. The van der Waals surface area contributed by atoms with E-state index < -0.39 is 17.4 Å². The van der Waals surface area contributed by atoms with Gasteiger partial charge in [0.2, 0.25) is 5.91 Å². The van der Waals surface area contributed by atoms with E-state index in [2.05, 4.69) is 32.2 Å². The van der Waals surface area contributed by atoms with E-state index in [9.17, 15) is 15.2 Å². The van der Waals surface area contributed by atoms with E-state index in [4.69, 9.17) is 23.2 Å². The lowest BCUT2D eigenvalue weighted by atomic mass is 9.63. The number of halogens is 2.